The van der Waals surface area contributed by atoms with Crippen molar-refractivity contribution < 1.29 is 4.74 Å². The van der Waals surface area contributed by atoms with E-state index in [0.717, 1.165) is 36.2 Å². The van der Waals surface area contributed by atoms with Gasteiger partial charge >= 0.3 is 0 Å². The number of hydrogen-bond acceptors (Lipinski definition) is 1. The van der Waals surface area contributed by atoms with Gasteiger partial charge in [0.2, 0.25) is 0 Å². The first-order valence-corrected chi connectivity index (χ1v) is 12.5. The van der Waals surface area contributed by atoms with Crippen molar-refractivity contribution in [2.45, 2.75) is 116 Å². The molecule has 0 unspecified atom stereocenters. The van der Waals surface area contributed by atoms with Gasteiger partial charge in [0.25, 0.3) is 0 Å². The Morgan fingerprint density at radius 1 is 0.704 bits per heavy atom. The van der Waals surface area contributed by atoms with Crippen LogP contribution in [0.15, 0.2) is 12.7 Å². The lowest BCUT2D eigenvalue weighted by Gasteiger charge is -2.38. The van der Waals surface area contributed by atoms with Gasteiger partial charge in [0.05, 0.1) is 6.10 Å². The smallest absolute Gasteiger partial charge is 0.0575 e. The van der Waals surface area contributed by atoms with E-state index >= 15 is 0 Å². The summed E-state index contributed by atoms with van der Waals surface area (Å²) >= 11 is 0. The van der Waals surface area contributed by atoms with Gasteiger partial charge in [-0.15, -0.1) is 6.58 Å². The Labute approximate surface area is 169 Å². The van der Waals surface area contributed by atoms with E-state index in [1.54, 1.807) is 0 Å². The third kappa shape index (κ3) is 6.91. The minimum absolute atomic E-state index is 0.566. The molecule has 0 aromatic rings. The normalized spacial score (nSPS) is 37.8. The predicted octanol–water partition coefficient (Wildman–Crippen LogP) is 7.94. The van der Waals surface area contributed by atoms with Crippen molar-refractivity contribution >= 4 is 0 Å². The molecule has 3 aliphatic rings. The highest BCUT2D eigenvalue weighted by Gasteiger charge is 2.31. The van der Waals surface area contributed by atoms with Crippen molar-refractivity contribution in [2.24, 2.45) is 29.6 Å². The third-order valence-electron chi connectivity index (χ3n) is 8.29. The van der Waals surface area contributed by atoms with E-state index < -0.39 is 0 Å². The lowest BCUT2D eigenvalue weighted by molar-refractivity contribution is -0.0128. The fourth-order valence-corrected chi connectivity index (χ4v) is 6.40. The quantitative estimate of drug-likeness (QED) is 0.372. The van der Waals surface area contributed by atoms with E-state index in [0.29, 0.717) is 6.10 Å². The van der Waals surface area contributed by atoms with Gasteiger partial charge in [-0.25, -0.2) is 0 Å². The number of allylic oxidation sites excluding steroid dienone is 1. The molecule has 0 aromatic carbocycles. The van der Waals surface area contributed by atoms with Gasteiger partial charge in [-0.3, -0.25) is 0 Å². The van der Waals surface area contributed by atoms with Crippen LogP contribution in [0.4, 0.5) is 0 Å². The molecule has 0 amide bonds. The minimum Gasteiger partial charge on any atom is -0.378 e. The second-order valence-corrected chi connectivity index (χ2v) is 10.2. The van der Waals surface area contributed by atoms with E-state index in [1.807, 2.05) is 0 Å². The van der Waals surface area contributed by atoms with Gasteiger partial charge in [-0.05, 0) is 107 Å². The zero-order valence-corrected chi connectivity index (χ0v) is 18.2. The molecule has 0 atom stereocenters. The molecule has 0 heterocycles. The Kier molecular flexibility index (Phi) is 9.23. The number of hydrogen-bond donors (Lipinski definition) is 0. The molecule has 3 aliphatic carbocycles. The Hall–Kier alpha value is -0.300. The second kappa shape index (κ2) is 11.6. The van der Waals surface area contributed by atoms with Crippen LogP contribution in [0.1, 0.15) is 110 Å². The van der Waals surface area contributed by atoms with Gasteiger partial charge in [0.15, 0.2) is 0 Å². The topological polar surface area (TPSA) is 9.23 Å². The van der Waals surface area contributed by atoms with Gasteiger partial charge < -0.3 is 4.74 Å². The molecule has 0 radical (unpaired) electrons. The molecule has 1 heteroatoms. The van der Waals surface area contributed by atoms with Crippen LogP contribution in [0.5, 0.6) is 0 Å². The SMILES string of the molecule is C=CCCC1CCC(OCC2CCC(C3CCC(CCC)CC3)CC2)CC1. The molecular weight excluding hydrogens is 328 g/mol. The second-order valence-electron chi connectivity index (χ2n) is 10.2. The molecule has 156 valence electrons. The summed E-state index contributed by atoms with van der Waals surface area (Å²) in [7, 11) is 0. The van der Waals surface area contributed by atoms with E-state index in [-0.39, 0.29) is 0 Å². The van der Waals surface area contributed by atoms with Crippen molar-refractivity contribution in [2.75, 3.05) is 6.61 Å². The van der Waals surface area contributed by atoms with Gasteiger partial charge in [-0.1, -0.05) is 38.7 Å². The summed E-state index contributed by atoms with van der Waals surface area (Å²) in [6.45, 7) is 7.27. The standard InChI is InChI=1S/C26H46O/c1-3-5-7-22-12-18-26(19-13-22)27-20-23-10-16-25(17-11-23)24-14-8-21(6-4-2)9-15-24/h3,21-26H,1,4-20H2,2H3. The molecule has 0 spiro atoms. The van der Waals surface area contributed by atoms with Crippen LogP contribution >= 0.6 is 0 Å². The summed E-state index contributed by atoms with van der Waals surface area (Å²) < 4.78 is 6.38. The molecule has 1 nitrogen and oxygen atoms in total. The molecule has 0 N–H and O–H groups in total. The van der Waals surface area contributed by atoms with Crippen molar-refractivity contribution in [3.05, 3.63) is 12.7 Å². The van der Waals surface area contributed by atoms with E-state index in [1.165, 1.54) is 103 Å². The maximum Gasteiger partial charge on any atom is 0.0575 e. The lowest BCUT2D eigenvalue weighted by atomic mass is 9.69. The summed E-state index contributed by atoms with van der Waals surface area (Å²) in [6, 6.07) is 0. The maximum absolute atomic E-state index is 6.38. The van der Waals surface area contributed by atoms with Gasteiger partial charge in [0, 0.05) is 6.61 Å². The first-order chi connectivity index (χ1) is 13.3. The molecule has 0 aromatic heterocycles. The average Bonchev–Trinajstić information content (AvgIpc) is 2.73. The van der Waals surface area contributed by atoms with Crippen molar-refractivity contribution in [1.29, 1.82) is 0 Å². The van der Waals surface area contributed by atoms with Crippen LogP contribution in [0.3, 0.4) is 0 Å². The molecule has 0 aliphatic heterocycles. The molecule has 3 rings (SSSR count). The Bertz CT molecular complexity index is 392. The Morgan fingerprint density at radius 3 is 1.78 bits per heavy atom. The van der Waals surface area contributed by atoms with E-state index in [2.05, 4.69) is 19.6 Å². The molecule has 3 saturated carbocycles. The van der Waals surface area contributed by atoms with Gasteiger partial charge in [-0.2, -0.15) is 0 Å². The molecular formula is C26H46O. The summed E-state index contributed by atoms with van der Waals surface area (Å²) in [5, 5.41) is 0. The number of ether oxygens (including phenoxy) is 1. The minimum atomic E-state index is 0.566. The summed E-state index contributed by atoms with van der Waals surface area (Å²) in [4.78, 5) is 0. The lowest BCUT2D eigenvalue weighted by Crippen LogP contribution is -2.29. The van der Waals surface area contributed by atoms with Crippen LogP contribution in [-0.2, 0) is 4.74 Å². The summed E-state index contributed by atoms with van der Waals surface area (Å²) in [5.41, 5.74) is 0. The first-order valence-electron chi connectivity index (χ1n) is 12.5. The van der Waals surface area contributed by atoms with Gasteiger partial charge in [0.1, 0.15) is 0 Å². The zero-order chi connectivity index (χ0) is 18.9. The predicted molar refractivity (Wildman–Crippen MR) is 117 cm³/mol. The highest BCUT2D eigenvalue weighted by Crippen LogP contribution is 2.42. The van der Waals surface area contributed by atoms with Crippen molar-refractivity contribution in [3.63, 3.8) is 0 Å². The Morgan fingerprint density at radius 2 is 1.22 bits per heavy atom. The average molecular weight is 375 g/mol. The van der Waals surface area contributed by atoms with Crippen LogP contribution in [0.25, 0.3) is 0 Å². The first kappa shape index (κ1) is 21.4. The van der Waals surface area contributed by atoms with E-state index in [4.69, 9.17) is 4.74 Å². The number of rotatable bonds is 9. The van der Waals surface area contributed by atoms with E-state index in [9.17, 15) is 0 Å². The third-order valence-corrected chi connectivity index (χ3v) is 8.29. The maximum atomic E-state index is 6.38. The molecule has 0 bridgehead atoms. The van der Waals surface area contributed by atoms with Crippen LogP contribution in [0, 0.1) is 29.6 Å². The fourth-order valence-electron chi connectivity index (χ4n) is 6.40. The summed E-state index contributed by atoms with van der Waals surface area (Å²) in [6.07, 6.45) is 25.4. The zero-order valence-electron chi connectivity index (χ0n) is 18.2. The molecule has 3 fully saturated rings. The highest BCUT2D eigenvalue weighted by molar-refractivity contribution is 4.82. The Balaban J connectivity index is 1.26. The fraction of sp³-hybridized carbons (Fsp3) is 0.923. The highest BCUT2D eigenvalue weighted by atomic mass is 16.5. The van der Waals surface area contributed by atoms with Crippen LogP contribution in [-0.4, -0.2) is 12.7 Å². The van der Waals surface area contributed by atoms with Crippen molar-refractivity contribution in [3.8, 4) is 0 Å². The molecule has 0 saturated heterocycles. The molecule has 27 heavy (non-hydrogen) atoms. The summed E-state index contributed by atoms with van der Waals surface area (Å²) in [5.74, 6) is 4.96. The van der Waals surface area contributed by atoms with Crippen molar-refractivity contribution in [1.82, 2.24) is 0 Å². The van der Waals surface area contributed by atoms with Crippen LogP contribution in [0.2, 0.25) is 0 Å². The largest absolute Gasteiger partial charge is 0.378 e. The monoisotopic (exact) mass is 374 g/mol. The van der Waals surface area contributed by atoms with Crippen LogP contribution < -0.4 is 0 Å².